The molecule has 2 aromatic heterocycles. The molecule has 0 aliphatic carbocycles. The van der Waals surface area contributed by atoms with Crippen LogP contribution >= 0.6 is 11.5 Å². The average molecular weight is 271 g/mol. The minimum absolute atomic E-state index is 0.187. The second kappa shape index (κ2) is 5.24. The van der Waals surface area contributed by atoms with Gasteiger partial charge in [-0.25, -0.2) is 0 Å². The van der Waals surface area contributed by atoms with Crippen LogP contribution in [0.1, 0.15) is 22.0 Å². The molecule has 2 heterocycles. The third-order valence-electron chi connectivity index (χ3n) is 2.69. The monoisotopic (exact) mass is 271 g/mol. The van der Waals surface area contributed by atoms with E-state index in [2.05, 4.69) is 20.8 Å². The third-order valence-corrected chi connectivity index (χ3v) is 3.32. The van der Waals surface area contributed by atoms with E-state index in [4.69, 9.17) is 12.7 Å². The van der Waals surface area contributed by atoms with Gasteiger partial charge in [-0.3, -0.25) is 4.68 Å². The molecule has 0 bridgehead atoms. The van der Waals surface area contributed by atoms with Crippen LogP contribution in [0.15, 0.2) is 6.07 Å². The summed E-state index contributed by atoms with van der Waals surface area (Å²) < 4.78 is 10.3. The Balaban J connectivity index is 2.63. The zero-order valence-corrected chi connectivity index (χ0v) is 11.5. The number of hydrogen-bond acceptors (Lipinski definition) is 6. The summed E-state index contributed by atoms with van der Waals surface area (Å²) in [7, 11) is 7.08. The van der Waals surface area contributed by atoms with Gasteiger partial charge in [0.25, 0.3) is 0 Å². The van der Waals surface area contributed by atoms with Crippen LogP contribution < -0.4 is 0 Å². The highest BCUT2D eigenvalue weighted by molar-refractivity contribution is 7.05. The lowest BCUT2D eigenvalue weighted by atomic mass is 10.1. The molecule has 0 saturated heterocycles. The van der Waals surface area contributed by atoms with E-state index in [1.807, 2.05) is 13.8 Å². The summed E-state index contributed by atoms with van der Waals surface area (Å²) in [6.07, 6.45) is 0. The first-order valence-electron chi connectivity index (χ1n) is 5.40. The Morgan fingerprint density at radius 2 is 2.26 bits per heavy atom. The van der Waals surface area contributed by atoms with Gasteiger partial charge in [0, 0.05) is 12.7 Å². The summed E-state index contributed by atoms with van der Waals surface area (Å²) >= 11 is 1.21. The Hall–Kier alpha value is -2.14. The highest BCUT2D eigenvalue weighted by Crippen LogP contribution is 2.27. The van der Waals surface area contributed by atoms with Crippen molar-refractivity contribution in [3.8, 4) is 6.07 Å². The summed E-state index contributed by atoms with van der Waals surface area (Å²) in [5.74, 6) is 0.187. The minimum Gasteiger partial charge on any atom is -0.565 e. The number of nitrogens with zero attached hydrogens (tertiary/aromatic N) is 5. The fourth-order valence-electron chi connectivity index (χ4n) is 1.58. The van der Waals surface area contributed by atoms with Crippen molar-refractivity contribution < 1.29 is 4.65 Å². The third kappa shape index (κ3) is 2.37. The number of rotatable bonds is 3. The van der Waals surface area contributed by atoms with Crippen LogP contribution in [0.5, 0.6) is 0 Å². The molecule has 0 N–H and O–H groups in total. The molecule has 0 aliphatic heterocycles. The summed E-state index contributed by atoms with van der Waals surface area (Å²) in [5, 5.41) is 17.5. The van der Waals surface area contributed by atoms with Crippen LogP contribution in [0.4, 0.5) is 0 Å². The fraction of sp³-hybridized carbons (Fsp3) is 0.273. The maximum Gasteiger partial charge on any atom is 0.374 e. The first kappa shape index (κ1) is 13.3. The summed E-state index contributed by atoms with van der Waals surface area (Å²) in [4.78, 5) is 0.820. The molecule has 0 aliphatic rings. The Morgan fingerprint density at radius 3 is 2.68 bits per heavy atom. The van der Waals surface area contributed by atoms with Crippen LogP contribution in [0.25, 0.3) is 11.3 Å². The van der Waals surface area contributed by atoms with E-state index in [0.29, 0.717) is 11.4 Å². The highest BCUT2D eigenvalue weighted by Gasteiger charge is 2.19. The Morgan fingerprint density at radius 1 is 1.53 bits per heavy atom. The largest absolute Gasteiger partial charge is 0.565 e. The summed E-state index contributed by atoms with van der Waals surface area (Å²) in [6.45, 7) is 3.72. The van der Waals surface area contributed by atoms with Gasteiger partial charge in [0.1, 0.15) is 28.8 Å². The van der Waals surface area contributed by atoms with Gasteiger partial charge < -0.3 is 4.65 Å². The van der Waals surface area contributed by atoms with Gasteiger partial charge in [-0.2, -0.15) is 10.4 Å². The van der Waals surface area contributed by atoms with Crippen molar-refractivity contribution in [2.45, 2.75) is 13.8 Å². The van der Waals surface area contributed by atoms with E-state index < -0.39 is 0 Å². The van der Waals surface area contributed by atoms with Crippen LogP contribution in [0, 0.1) is 25.2 Å². The lowest BCUT2D eigenvalue weighted by Crippen LogP contribution is -1.98. The van der Waals surface area contributed by atoms with Crippen molar-refractivity contribution >= 4 is 30.9 Å². The maximum atomic E-state index is 9.33. The van der Waals surface area contributed by atoms with E-state index >= 15 is 0 Å². The quantitative estimate of drug-likeness (QED) is 0.479. The SMILES string of the molecule is [B]OC(=C(C#N)c1cc(C)n(C)n1)c1nnsc1C. The van der Waals surface area contributed by atoms with Crippen LogP contribution in [0.3, 0.4) is 0 Å². The van der Waals surface area contributed by atoms with Crippen molar-refractivity contribution in [1.82, 2.24) is 19.4 Å². The van der Waals surface area contributed by atoms with Crippen molar-refractivity contribution in [2.75, 3.05) is 0 Å². The minimum atomic E-state index is 0.187. The molecule has 6 nitrogen and oxygen atoms in total. The van der Waals surface area contributed by atoms with E-state index in [1.54, 1.807) is 17.8 Å². The smallest absolute Gasteiger partial charge is 0.374 e. The Bertz CT molecular complexity index is 662. The molecule has 2 aromatic rings. The molecule has 2 rings (SSSR count). The molecule has 0 aromatic carbocycles. The van der Waals surface area contributed by atoms with Gasteiger partial charge in [-0.05, 0) is 31.4 Å². The fourth-order valence-corrected chi connectivity index (χ4v) is 2.05. The van der Waals surface area contributed by atoms with Crippen molar-refractivity contribution in [3.63, 3.8) is 0 Å². The predicted molar refractivity (Wildman–Crippen MR) is 71.9 cm³/mol. The zero-order chi connectivity index (χ0) is 14.0. The van der Waals surface area contributed by atoms with Gasteiger partial charge in [0.05, 0.1) is 4.88 Å². The van der Waals surface area contributed by atoms with Crippen LogP contribution in [-0.2, 0) is 11.7 Å². The van der Waals surface area contributed by atoms with Crippen LogP contribution in [0.2, 0.25) is 0 Å². The van der Waals surface area contributed by atoms with Crippen LogP contribution in [-0.4, -0.2) is 27.4 Å². The number of hydrogen-bond donors (Lipinski definition) is 0. The second-order valence-corrected chi connectivity index (χ2v) is 4.86. The first-order chi connectivity index (χ1) is 9.08. The molecular formula is C11H10BN5OS. The number of aromatic nitrogens is 4. The molecule has 0 saturated carbocycles. The number of aryl methyl sites for hydroxylation is 3. The lowest BCUT2D eigenvalue weighted by molar-refractivity contribution is 0.569. The predicted octanol–water partition coefficient (Wildman–Crippen LogP) is 1.38. The van der Waals surface area contributed by atoms with Crippen molar-refractivity contribution in [2.24, 2.45) is 7.05 Å². The molecule has 0 spiro atoms. The first-order valence-corrected chi connectivity index (χ1v) is 6.17. The normalized spacial score (nSPS) is 11.9. The Kier molecular flexibility index (Phi) is 3.67. The summed E-state index contributed by atoms with van der Waals surface area (Å²) in [5.41, 5.74) is 2.12. The lowest BCUT2D eigenvalue weighted by Gasteiger charge is -2.06. The zero-order valence-electron chi connectivity index (χ0n) is 10.7. The highest BCUT2D eigenvalue weighted by atomic mass is 32.1. The second-order valence-electron chi connectivity index (χ2n) is 3.91. The average Bonchev–Trinajstić information content (AvgIpc) is 2.93. The molecule has 2 radical (unpaired) electrons. The van der Waals surface area contributed by atoms with Gasteiger partial charge in [0.15, 0.2) is 0 Å². The number of allylic oxidation sites excluding steroid dienone is 1. The molecule has 0 atom stereocenters. The molecule has 8 heteroatoms. The van der Waals surface area contributed by atoms with Gasteiger partial charge in [-0.15, -0.1) is 5.10 Å². The van der Waals surface area contributed by atoms with Crippen molar-refractivity contribution in [3.05, 3.63) is 28.0 Å². The van der Waals surface area contributed by atoms with E-state index in [1.165, 1.54) is 11.5 Å². The molecule has 0 fully saturated rings. The summed E-state index contributed by atoms with van der Waals surface area (Å²) in [6, 6.07) is 3.85. The van der Waals surface area contributed by atoms with E-state index in [9.17, 15) is 5.26 Å². The van der Waals surface area contributed by atoms with E-state index in [-0.39, 0.29) is 11.3 Å². The molecule has 0 unspecified atom stereocenters. The topological polar surface area (TPSA) is 76.6 Å². The van der Waals surface area contributed by atoms with Gasteiger partial charge >= 0.3 is 8.05 Å². The molecule has 19 heavy (non-hydrogen) atoms. The molecular weight excluding hydrogens is 261 g/mol. The Labute approximate surface area is 115 Å². The molecule has 0 amide bonds. The maximum absolute atomic E-state index is 9.33. The van der Waals surface area contributed by atoms with Gasteiger partial charge in [0.2, 0.25) is 0 Å². The van der Waals surface area contributed by atoms with E-state index in [0.717, 1.165) is 10.6 Å². The van der Waals surface area contributed by atoms with Gasteiger partial charge in [-0.1, -0.05) is 4.49 Å². The number of nitriles is 1. The molecule has 94 valence electrons. The van der Waals surface area contributed by atoms with Crippen molar-refractivity contribution in [1.29, 1.82) is 5.26 Å². The standard InChI is InChI=1S/C11H10BN5OS/c1-6-4-9(15-17(6)3)8(5-13)11(18-12)10-7(2)19-16-14-10/h4H,1-3H3.